The molecule has 4 rings (SSSR count). The highest BCUT2D eigenvalue weighted by Gasteiger charge is 2.20. The number of rotatable bonds is 3. The van der Waals surface area contributed by atoms with Gasteiger partial charge >= 0.3 is 0 Å². The van der Waals surface area contributed by atoms with Crippen molar-refractivity contribution in [3.05, 3.63) is 65.5 Å². The minimum absolute atomic E-state index is 0.345. The van der Waals surface area contributed by atoms with E-state index in [0.717, 1.165) is 49.4 Å². The number of aliphatic hydroxyl groups excluding tert-OH is 1. The monoisotopic (exact) mass is 321 g/mol. The number of aliphatic hydroxyl groups is 1. The van der Waals surface area contributed by atoms with E-state index in [0.29, 0.717) is 0 Å². The number of hydrogen-bond acceptors (Lipinski definition) is 3. The van der Waals surface area contributed by atoms with E-state index in [4.69, 9.17) is 4.98 Å². The van der Waals surface area contributed by atoms with E-state index < -0.39 is 0 Å². The molecule has 1 aliphatic heterocycles. The summed E-state index contributed by atoms with van der Waals surface area (Å²) in [5.74, 6) is 1.12. The van der Waals surface area contributed by atoms with Crippen LogP contribution in [0.3, 0.4) is 0 Å². The van der Waals surface area contributed by atoms with Gasteiger partial charge < -0.3 is 9.67 Å². The highest BCUT2D eigenvalue weighted by molar-refractivity contribution is 5.75. The minimum atomic E-state index is -0.345. The van der Waals surface area contributed by atoms with Gasteiger partial charge in [0.05, 0.1) is 17.1 Å². The summed E-state index contributed by atoms with van der Waals surface area (Å²) < 4.78 is 2.19. The predicted molar refractivity (Wildman–Crippen MR) is 95.7 cm³/mol. The van der Waals surface area contributed by atoms with Crippen LogP contribution < -0.4 is 0 Å². The van der Waals surface area contributed by atoms with Gasteiger partial charge in [0, 0.05) is 33.1 Å². The highest BCUT2D eigenvalue weighted by Crippen LogP contribution is 2.26. The zero-order chi connectivity index (χ0) is 16.5. The molecule has 1 N–H and O–H groups in total. The summed E-state index contributed by atoms with van der Waals surface area (Å²) in [6.45, 7) is 2.77. The molecular weight excluding hydrogens is 298 g/mol. The molecule has 24 heavy (non-hydrogen) atoms. The Morgan fingerprint density at radius 2 is 1.92 bits per heavy atom. The van der Waals surface area contributed by atoms with E-state index in [-0.39, 0.29) is 6.10 Å². The van der Waals surface area contributed by atoms with Gasteiger partial charge in [0.15, 0.2) is 0 Å². The number of aromatic nitrogens is 2. The summed E-state index contributed by atoms with van der Waals surface area (Å²) in [5.41, 5.74) is 4.58. The predicted octanol–water partition coefficient (Wildman–Crippen LogP) is 3.06. The quantitative estimate of drug-likeness (QED) is 0.806. The summed E-state index contributed by atoms with van der Waals surface area (Å²) in [4.78, 5) is 7.19. The standard InChI is InChI=1S/C20H23N3O/c1-22-18-9-5-4-8-17(18)21-20(22)11-13-23-12-10-19(24)16-7-3-2-6-15(16)14-23/h2-9,19,24H,10-14H2,1H3. The van der Waals surface area contributed by atoms with E-state index in [2.05, 4.69) is 52.9 Å². The van der Waals surface area contributed by atoms with Gasteiger partial charge in [-0.15, -0.1) is 0 Å². The van der Waals surface area contributed by atoms with Crippen molar-refractivity contribution in [3.63, 3.8) is 0 Å². The Morgan fingerprint density at radius 1 is 1.12 bits per heavy atom. The smallest absolute Gasteiger partial charge is 0.110 e. The SMILES string of the molecule is Cn1c(CCN2CCC(O)c3ccccc3C2)nc2ccccc21. The fourth-order valence-corrected chi connectivity index (χ4v) is 3.65. The Balaban J connectivity index is 1.50. The molecule has 1 unspecified atom stereocenters. The van der Waals surface area contributed by atoms with Crippen molar-refractivity contribution in [2.24, 2.45) is 7.05 Å². The molecule has 0 aliphatic carbocycles. The van der Waals surface area contributed by atoms with Crippen molar-refractivity contribution in [2.75, 3.05) is 13.1 Å². The van der Waals surface area contributed by atoms with Crippen LogP contribution in [0.5, 0.6) is 0 Å². The molecular formula is C20H23N3O. The van der Waals surface area contributed by atoms with Gasteiger partial charge in [-0.25, -0.2) is 4.98 Å². The number of hydrogen-bond donors (Lipinski definition) is 1. The first-order chi connectivity index (χ1) is 11.7. The second-order valence-corrected chi connectivity index (χ2v) is 6.61. The van der Waals surface area contributed by atoms with E-state index >= 15 is 0 Å². The Morgan fingerprint density at radius 3 is 2.79 bits per heavy atom. The molecule has 1 aromatic heterocycles. The van der Waals surface area contributed by atoms with Gasteiger partial charge in [-0.05, 0) is 29.7 Å². The number of aryl methyl sites for hydroxylation is 1. The lowest BCUT2D eigenvalue weighted by Crippen LogP contribution is -2.26. The number of imidazole rings is 1. The third-order valence-electron chi connectivity index (χ3n) is 5.06. The molecule has 1 aliphatic rings. The van der Waals surface area contributed by atoms with Crippen molar-refractivity contribution >= 4 is 11.0 Å². The van der Waals surface area contributed by atoms with Crippen LogP contribution in [0.15, 0.2) is 48.5 Å². The number of para-hydroxylation sites is 2. The normalized spacial score (nSPS) is 18.5. The van der Waals surface area contributed by atoms with Crippen molar-refractivity contribution in [3.8, 4) is 0 Å². The Labute approximate surface area is 142 Å². The average Bonchev–Trinajstić information content (AvgIpc) is 2.84. The lowest BCUT2D eigenvalue weighted by molar-refractivity contribution is 0.152. The van der Waals surface area contributed by atoms with Gasteiger partial charge in [0.1, 0.15) is 5.82 Å². The molecule has 2 aromatic carbocycles. The van der Waals surface area contributed by atoms with Gasteiger partial charge in [-0.1, -0.05) is 36.4 Å². The van der Waals surface area contributed by atoms with Gasteiger partial charge in [0.2, 0.25) is 0 Å². The maximum Gasteiger partial charge on any atom is 0.110 e. The first-order valence-corrected chi connectivity index (χ1v) is 8.61. The maximum atomic E-state index is 10.3. The molecule has 2 heterocycles. The zero-order valence-electron chi connectivity index (χ0n) is 14.0. The third-order valence-corrected chi connectivity index (χ3v) is 5.06. The van der Waals surface area contributed by atoms with Crippen LogP contribution in [-0.2, 0) is 20.0 Å². The third kappa shape index (κ3) is 2.83. The molecule has 0 saturated heterocycles. The summed E-state index contributed by atoms with van der Waals surface area (Å²) in [6.07, 6.45) is 1.37. The molecule has 1 atom stereocenters. The van der Waals surface area contributed by atoms with Crippen LogP contribution in [-0.4, -0.2) is 32.6 Å². The van der Waals surface area contributed by atoms with Crippen molar-refractivity contribution in [1.29, 1.82) is 0 Å². The minimum Gasteiger partial charge on any atom is -0.388 e. The Kier molecular flexibility index (Phi) is 4.08. The van der Waals surface area contributed by atoms with Gasteiger partial charge in [-0.3, -0.25) is 4.90 Å². The van der Waals surface area contributed by atoms with Crippen LogP contribution >= 0.6 is 0 Å². The summed E-state index contributed by atoms with van der Waals surface area (Å²) in [5, 5.41) is 10.3. The van der Waals surface area contributed by atoms with Crippen LogP contribution in [0.25, 0.3) is 11.0 Å². The lowest BCUT2D eigenvalue weighted by Gasteiger charge is -2.20. The average molecular weight is 321 g/mol. The van der Waals surface area contributed by atoms with Crippen LogP contribution in [0, 0.1) is 0 Å². The van der Waals surface area contributed by atoms with Crippen molar-refractivity contribution in [1.82, 2.24) is 14.5 Å². The van der Waals surface area contributed by atoms with E-state index in [1.165, 1.54) is 11.1 Å². The molecule has 0 fully saturated rings. The topological polar surface area (TPSA) is 41.3 Å². The maximum absolute atomic E-state index is 10.3. The molecule has 0 saturated carbocycles. The summed E-state index contributed by atoms with van der Waals surface area (Å²) >= 11 is 0. The number of fused-ring (bicyclic) bond motifs is 2. The fraction of sp³-hybridized carbons (Fsp3) is 0.350. The van der Waals surface area contributed by atoms with Crippen molar-refractivity contribution in [2.45, 2.75) is 25.5 Å². The first kappa shape index (κ1) is 15.4. The fourth-order valence-electron chi connectivity index (χ4n) is 3.65. The second kappa shape index (κ2) is 6.38. The molecule has 0 bridgehead atoms. The molecule has 3 aromatic rings. The van der Waals surface area contributed by atoms with E-state index in [1.807, 2.05) is 12.1 Å². The largest absolute Gasteiger partial charge is 0.388 e. The summed E-state index contributed by atoms with van der Waals surface area (Å²) in [7, 11) is 2.09. The molecule has 0 spiro atoms. The molecule has 124 valence electrons. The second-order valence-electron chi connectivity index (χ2n) is 6.61. The number of nitrogens with zero attached hydrogens (tertiary/aromatic N) is 3. The number of benzene rings is 2. The van der Waals surface area contributed by atoms with Gasteiger partial charge in [-0.2, -0.15) is 0 Å². The Bertz CT molecular complexity index is 855. The van der Waals surface area contributed by atoms with E-state index in [1.54, 1.807) is 0 Å². The first-order valence-electron chi connectivity index (χ1n) is 8.61. The summed E-state index contributed by atoms with van der Waals surface area (Å²) in [6, 6.07) is 16.5. The molecule has 4 heteroatoms. The van der Waals surface area contributed by atoms with Crippen molar-refractivity contribution < 1.29 is 5.11 Å². The van der Waals surface area contributed by atoms with Crippen LogP contribution in [0.4, 0.5) is 0 Å². The molecule has 0 amide bonds. The zero-order valence-corrected chi connectivity index (χ0v) is 14.0. The van der Waals surface area contributed by atoms with Gasteiger partial charge in [0.25, 0.3) is 0 Å². The Hall–Kier alpha value is -2.17. The lowest BCUT2D eigenvalue weighted by atomic mass is 10.0. The highest BCUT2D eigenvalue weighted by atomic mass is 16.3. The van der Waals surface area contributed by atoms with E-state index in [9.17, 15) is 5.11 Å². The molecule has 0 radical (unpaired) electrons. The van der Waals surface area contributed by atoms with Crippen LogP contribution in [0.2, 0.25) is 0 Å². The van der Waals surface area contributed by atoms with Crippen LogP contribution in [0.1, 0.15) is 29.5 Å². The molecule has 4 nitrogen and oxygen atoms in total.